The first kappa shape index (κ1) is 14.0. The molecular weight excluding hydrogens is 266 g/mol. The maximum atomic E-state index is 12.4. The predicted octanol–water partition coefficient (Wildman–Crippen LogP) is 3.45. The quantitative estimate of drug-likeness (QED) is 0.686. The van der Waals surface area contributed by atoms with Crippen LogP contribution in [0.4, 0.5) is 0 Å². The number of amides is 1. The van der Waals surface area contributed by atoms with Gasteiger partial charge in [0.05, 0.1) is 0 Å². The van der Waals surface area contributed by atoms with Gasteiger partial charge in [-0.2, -0.15) is 0 Å². The highest BCUT2D eigenvalue weighted by molar-refractivity contribution is 9.09. The summed E-state index contributed by atoms with van der Waals surface area (Å²) in [5.74, 6) is 1.29. The first-order valence-corrected chi connectivity index (χ1v) is 7.67. The van der Waals surface area contributed by atoms with E-state index in [2.05, 4.69) is 34.7 Å². The minimum absolute atomic E-state index is 0.302. The van der Waals surface area contributed by atoms with Crippen molar-refractivity contribution in [1.82, 2.24) is 4.90 Å². The first-order chi connectivity index (χ1) is 7.70. The molecule has 0 saturated heterocycles. The standard InChI is InChI=1S/C13H24BrNO/c1-3-4-9-15(10-8-14)13(16)12-7-5-6-11(12)2/h11-12H,3-10H2,1-2H3. The van der Waals surface area contributed by atoms with Crippen LogP contribution >= 0.6 is 15.9 Å². The summed E-state index contributed by atoms with van der Waals surface area (Å²) >= 11 is 3.44. The minimum atomic E-state index is 0.302. The molecular formula is C13H24BrNO. The molecule has 2 unspecified atom stereocenters. The van der Waals surface area contributed by atoms with Crippen LogP contribution in [0, 0.1) is 11.8 Å². The molecule has 3 heteroatoms. The van der Waals surface area contributed by atoms with E-state index >= 15 is 0 Å². The molecule has 1 fully saturated rings. The molecule has 0 aliphatic heterocycles. The molecule has 0 N–H and O–H groups in total. The third kappa shape index (κ3) is 3.76. The van der Waals surface area contributed by atoms with E-state index in [1.54, 1.807) is 0 Å². The van der Waals surface area contributed by atoms with Crippen LogP contribution in [-0.4, -0.2) is 29.2 Å². The van der Waals surface area contributed by atoms with Crippen molar-refractivity contribution < 1.29 is 4.79 Å². The molecule has 1 aliphatic rings. The Kier molecular flexibility index (Phi) is 6.40. The zero-order valence-electron chi connectivity index (χ0n) is 10.5. The van der Waals surface area contributed by atoms with E-state index < -0.39 is 0 Å². The Morgan fingerprint density at radius 1 is 1.38 bits per heavy atom. The predicted molar refractivity (Wildman–Crippen MR) is 71.8 cm³/mol. The largest absolute Gasteiger partial charge is 0.342 e. The zero-order valence-corrected chi connectivity index (χ0v) is 12.1. The molecule has 2 nitrogen and oxygen atoms in total. The van der Waals surface area contributed by atoms with Gasteiger partial charge in [-0.05, 0) is 25.2 Å². The number of carbonyl (C=O) groups excluding carboxylic acids is 1. The lowest BCUT2D eigenvalue weighted by Gasteiger charge is -2.26. The molecule has 0 radical (unpaired) electrons. The molecule has 0 aromatic rings. The van der Waals surface area contributed by atoms with Crippen molar-refractivity contribution in [3.63, 3.8) is 0 Å². The fourth-order valence-electron chi connectivity index (χ4n) is 2.53. The average molecular weight is 290 g/mol. The van der Waals surface area contributed by atoms with Gasteiger partial charge in [0.25, 0.3) is 0 Å². The molecule has 0 aromatic heterocycles. The Morgan fingerprint density at radius 2 is 2.12 bits per heavy atom. The number of hydrogen-bond acceptors (Lipinski definition) is 1. The summed E-state index contributed by atoms with van der Waals surface area (Å²) in [4.78, 5) is 14.4. The topological polar surface area (TPSA) is 20.3 Å². The lowest BCUT2D eigenvalue weighted by atomic mass is 9.96. The highest BCUT2D eigenvalue weighted by Crippen LogP contribution is 2.32. The number of unbranched alkanes of at least 4 members (excludes halogenated alkanes) is 1. The summed E-state index contributed by atoms with van der Waals surface area (Å²) in [6.45, 7) is 6.20. The summed E-state index contributed by atoms with van der Waals surface area (Å²) in [5, 5.41) is 0.892. The van der Waals surface area contributed by atoms with Crippen LogP contribution in [0.15, 0.2) is 0 Å². The molecule has 0 spiro atoms. The van der Waals surface area contributed by atoms with Crippen LogP contribution < -0.4 is 0 Å². The van der Waals surface area contributed by atoms with Crippen LogP contribution in [-0.2, 0) is 4.79 Å². The molecule has 16 heavy (non-hydrogen) atoms. The monoisotopic (exact) mass is 289 g/mol. The lowest BCUT2D eigenvalue weighted by molar-refractivity contribution is -0.136. The van der Waals surface area contributed by atoms with Gasteiger partial charge in [-0.1, -0.05) is 42.6 Å². The van der Waals surface area contributed by atoms with Gasteiger partial charge in [0.15, 0.2) is 0 Å². The number of carbonyl (C=O) groups is 1. The van der Waals surface area contributed by atoms with Crippen molar-refractivity contribution in [2.75, 3.05) is 18.4 Å². The molecule has 1 aliphatic carbocycles. The average Bonchev–Trinajstić information content (AvgIpc) is 2.69. The highest BCUT2D eigenvalue weighted by Gasteiger charge is 2.32. The van der Waals surface area contributed by atoms with Gasteiger partial charge in [0.2, 0.25) is 5.91 Å². The highest BCUT2D eigenvalue weighted by atomic mass is 79.9. The number of halogens is 1. The summed E-state index contributed by atoms with van der Waals surface area (Å²) in [6.07, 6.45) is 5.84. The summed E-state index contributed by atoms with van der Waals surface area (Å²) in [5.41, 5.74) is 0. The van der Waals surface area contributed by atoms with Crippen LogP contribution in [0.3, 0.4) is 0 Å². The van der Waals surface area contributed by atoms with Gasteiger partial charge in [-0.15, -0.1) is 0 Å². The van der Waals surface area contributed by atoms with E-state index in [0.29, 0.717) is 17.7 Å². The van der Waals surface area contributed by atoms with Crippen molar-refractivity contribution in [3.05, 3.63) is 0 Å². The molecule has 1 amide bonds. The first-order valence-electron chi connectivity index (χ1n) is 6.55. The van der Waals surface area contributed by atoms with Crippen LogP contribution in [0.2, 0.25) is 0 Å². The molecule has 0 aromatic carbocycles. The van der Waals surface area contributed by atoms with E-state index in [4.69, 9.17) is 0 Å². The van der Waals surface area contributed by atoms with Crippen molar-refractivity contribution in [1.29, 1.82) is 0 Å². The second-order valence-electron chi connectivity index (χ2n) is 4.88. The normalized spacial score (nSPS) is 24.7. The second-order valence-corrected chi connectivity index (χ2v) is 5.68. The number of rotatable bonds is 6. The summed E-state index contributed by atoms with van der Waals surface area (Å²) < 4.78 is 0. The summed E-state index contributed by atoms with van der Waals surface area (Å²) in [6, 6.07) is 0. The SMILES string of the molecule is CCCCN(CCBr)C(=O)C1CCCC1C. The zero-order chi connectivity index (χ0) is 12.0. The van der Waals surface area contributed by atoms with Gasteiger partial charge < -0.3 is 4.90 Å². The van der Waals surface area contributed by atoms with Crippen molar-refractivity contribution in [2.45, 2.75) is 46.0 Å². The van der Waals surface area contributed by atoms with E-state index in [0.717, 1.165) is 37.7 Å². The molecule has 0 heterocycles. The van der Waals surface area contributed by atoms with E-state index in [-0.39, 0.29) is 0 Å². The maximum absolute atomic E-state index is 12.4. The van der Waals surface area contributed by atoms with Crippen molar-refractivity contribution >= 4 is 21.8 Å². The van der Waals surface area contributed by atoms with Gasteiger partial charge in [-0.3, -0.25) is 4.79 Å². The van der Waals surface area contributed by atoms with Crippen molar-refractivity contribution in [3.8, 4) is 0 Å². The number of alkyl halides is 1. The third-order valence-corrected chi connectivity index (χ3v) is 3.98. The lowest BCUT2D eigenvalue weighted by Crippen LogP contribution is -2.39. The van der Waals surface area contributed by atoms with E-state index in [9.17, 15) is 4.79 Å². The Bertz CT molecular complexity index is 220. The second kappa shape index (κ2) is 7.31. The van der Waals surface area contributed by atoms with Gasteiger partial charge in [-0.25, -0.2) is 0 Å². The fourth-order valence-corrected chi connectivity index (χ4v) is 2.96. The van der Waals surface area contributed by atoms with Crippen LogP contribution in [0.1, 0.15) is 46.0 Å². The maximum Gasteiger partial charge on any atom is 0.225 e. The Morgan fingerprint density at radius 3 is 2.62 bits per heavy atom. The summed E-state index contributed by atoms with van der Waals surface area (Å²) in [7, 11) is 0. The van der Waals surface area contributed by atoms with Gasteiger partial charge >= 0.3 is 0 Å². The number of nitrogens with zero attached hydrogens (tertiary/aromatic N) is 1. The Hall–Kier alpha value is -0.0500. The molecule has 1 rings (SSSR count). The van der Waals surface area contributed by atoms with Crippen molar-refractivity contribution in [2.24, 2.45) is 11.8 Å². The van der Waals surface area contributed by atoms with Crippen LogP contribution in [0.25, 0.3) is 0 Å². The third-order valence-electron chi connectivity index (χ3n) is 3.63. The van der Waals surface area contributed by atoms with Crippen LogP contribution in [0.5, 0.6) is 0 Å². The fraction of sp³-hybridized carbons (Fsp3) is 0.923. The Labute approximate surface area is 108 Å². The van der Waals surface area contributed by atoms with Gasteiger partial charge in [0, 0.05) is 24.3 Å². The Balaban J connectivity index is 2.51. The van der Waals surface area contributed by atoms with Gasteiger partial charge in [0.1, 0.15) is 0 Å². The molecule has 94 valence electrons. The van der Waals surface area contributed by atoms with E-state index in [1.807, 2.05) is 0 Å². The molecule has 0 bridgehead atoms. The number of hydrogen-bond donors (Lipinski definition) is 0. The smallest absolute Gasteiger partial charge is 0.225 e. The molecule has 1 saturated carbocycles. The minimum Gasteiger partial charge on any atom is -0.342 e. The van der Waals surface area contributed by atoms with E-state index in [1.165, 1.54) is 12.8 Å². The molecule has 2 atom stereocenters.